The summed E-state index contributed by atoms with van der Waals surface area (Å²) < 4.78 is 4.81. The summed E-state index contributed by atoms with van der Waals surface area (Å²) in [5, 5.41) is 5.05. The molecule has 268 valence electrons. The molecule has 0 fully saturated rings. The molecule has 0 amide bonds. The minimum Gasteiger partial charge on any atom is -0.309 e. The summed E-state index contributed by atoms with van der Waals surface area (Å²) in [6.07, 6.45) is 0. The van der Waals surface area contributed by atoms with Crippen LogP contribution in [0.15, 0.2) is 206 Å². The molecule has 11 rings (SSSR count). The van der Waals surface area contributed by atoms with E-state index in [1.165, 1.54) is 65.9 Å². The average molecular weight is 728 g/mol. The first kappa shape index (κ1) is 32.9. The summed E-state index contributed by atoms with van der Waals surface area (Å²) in [4.78, 5) is 5.19. The van der Waals surface area contributed by atoms with E-state index in [-0.39, 0.29) is 0 Å². The van der Waals surface area contributed by atoms with Gasteiger partial charge in [0.15, 0.2) is 0 Å². The zero-order valence-corrected chi connectivity index (χ0v) is 31.5. The number of fused-ring (bicyclic) bond motifs is 6. The van der Waals surface area contributed by atoms with Crippen molar-refractivity contribution >= 4 is 43.6 Å². The Morgan fingerprint density at radius 3 is 1.51 bits per heavy atom. The van der Waals surface area contributed by atoms with Gasteiger partial charge >= 0.3 is 0 Å². The maximum absolute atomic E-state index is 5.19. The zero-order valence-electron chi connectivity index (χ0n) is 31.5. The van der Waals surface area contributed by atoms with E-state index in [9.17, 15) is 0 Å². The number of hydrogen-bond acceptors (Lipinski definition) is 1. The Hall–Kier alpha value is -7.49. The normalized spacial score (nSPS) is 11.6. The van der Waals surface area contributed by atoms with Crippen LogP contribution in [0.2, 0.25) is 0 Å². The Morgan fingerprint density at radius 1 is 0.316 bits per heavy atom. The fraction of sp³-hybridized carbons (Fsp3) is 0.0185. The molecule has 0 unspecified atom stereocenters. The predicted octanol–water partition coefficient (Wildman–Crippen LogP) is 14.3. The smallest absolute Gasteiger partial charge is 0.0715 e. The molecule has 3 heterocycles. The quantitative estimate of drug-likeness (QED) is 0.167. The molecule has 0 spiro atoms. The van der Waals surface area contributed by atoms with Gasteiger partial charge in [-0.3, -0.25) is 0 Å². The van der Waals surface area contributed by atoms with Crippen molar-refractivity contribution in [3.63, 3.8) is 0 Å². The molecule has 0 aliphatic heterocycles. The first-order chi connectivity index (χ1) is 28.2. The monoisotopic (exact) mass is 727 g/mol. The van der Waals surface area contributed by atoms with Gasteiger partial charge in [-0.25, -0.2) is 4.98 Å². The van der Waals surface area contributed by atoms with Crippen LogP contribution in [-0.2, 0) is 0 Å². The lowest BCUT2D eigenvalue weighted by Crippen LogP contribution is -1.95. The van der Waals surface area contributed by atoms with Crippen molar-refractivity contribution in [2.75, 3.05) is 0 Å². The number of pyridine rings is 1. The van der Waals surface area contributed by atoms with Gasteiger partial charge in [0.05, 0.1) is 33.5 Å². The van der Waals surface area contributed by atoms with Crippen molar-refractivity contribution in [2.24, 2.45) is 0 Å². The van der Waals surface area contributed by atoms with Gasteiger partial charge in [-0.2, -0.15) is 0 Å². The highest BCUT2D eigenvalue weighted by molar-refractivity contribution is 6.13. The van der Waals surface area contributed by atoms with Crippen LogP contribution in [0, 0.1) is 6.92 Å². The van der Waals surface area contributed by atoms with Gasteiger partial charge in [0.25, 0.3) is 0 Å². The second-order valence-corrected chi connectivity index (χ2v) is 14.9. The van der Waals surface area contributed by atoms with Crippen LogP contribution < -0.4 is 0 Å². The van der Waals surface area contributed by atoms with Crippen molar-refractivity contribution in [1.82, 2.24) is 14.1 Å². The van der Waals surface area contributed by atoms with Crippen molar-refractivity contribution in [3.8, 4) is 56.1 Å². The van der Waals surface area contributed by atoms with Gasteiger partial charge in [-0.05, 0) is 95.4 Å². The molecule has 3 nitrogen and oxygen atoms in total. The predicted molar refractivity (Wildman–Crippen MR) is 239 cm³/mol. The Morgan fingerprint density at radius 2 is 0.807 bits per heavy atom. The van der Waals surface area contributed by atoms with Crippen molar-refractivity contribution in [1.29, 1.82) is 0 Å². The highest BCUT2D eigenvalue weighted by Crippen LogP contribution is 2.39. The van der Waals surface area contributed by atoms with E-state index in [0.717, 1.165) is 39.5 Å². The van der Waals surface area contributed by atoms with E-state index in [4.69, 9.17) is 4.98 Å². The second-order valence-electron chi connectivity index (χ2n) is 14.9. The number of para-hydroxylation sites is 2. The summed E-state index contributed by atoms with van der Waals surface area (Å²) in [6.45, 7) is 2.21. The first-order valence-corrected chi connectivity index (χ1v) is 19.5. The zero-order chi connectivity index (χ0) is 37.9. The highest BCUT2D eigenvalue weighted by Gasteiger charge is 2.17. The molecular weight excluding hydrogens is 691 g/mol. The Kier molecular flexibility index (Phi) is 7.71. The highest BCUT2D eigenvalue weighted by atomic mass is 15.0. The molecule has 0 N–H and O–H groups in total. The molecule has 0 radical (unpaired) electrons. The molecule has 0 aliphatic carbocycles. The maximum atomic E-state index is 5.19. The van der Waals surface area contributed by atoms with Crippen LogP contribution in [0.25, 0.3) is 99.8 Å². The van der Waals surface area contributed by atoms with Crippen LogP contribution in [0.4, 0.5) is 0 Å². The summed E-state index contributed by atoms with van der Waals surface area (Å²) in [5.41, 5.74) is 17.1. The lowest BCUT2D eigenvalue weighted by molar-refractivity contribution is 1.18. The first-order valence-electron chi connectivity index (χ1n) is 19.5. The van der Waals surface area contributed by atoms with Crippen LogP contribution in [0.1, 0.15) is 5.56 Å². The van der Waals surface area contributed by atoms with Crippen LogP contribution in [0.5, 0.6) is 0 Å². The molecule has 0 atom stereocenters. The van der Waals surface area contributed by atoms with Crippen molar-refractivity contribution in [3.05, 3.63) is 212 Å². The van der Waals surface area contributed by atoms with Gasteiger partial charge in [0.1, 0.15) is 0 Å². The fourth-order valence-electron chi connectivity index (χ4n) is 8.72. The summed E-state index contributed by atoms with van der Waals surface area (Å²) in [7, 11) is 0. The molecule has 0 bridgehead atoms. The van der Waals surface area contributed by atoms with E-state index in [2.05, 4.69) is 216 Å². The van der Waals surface area contributed by atoms with E-state index < -0.39 is 0 Å². The van der Waals surface area contributed by atoms with Gasteiger partial charge in [-0.15, -0.1) is 0 Å². The molecule has 0 saturated carbocycles. The lowest BCUT2D eigenvalue weighted by Gasteiger charge is -2.12. The standard InChI is InChI=1S/C54H37N3/c1-36-14-13-23-51-54(36)47-31-27-41(35-53(47)57(51)43-19-9-4-10-20-43)40-26-30-46-45-21-11-12-22-50(45)56(52(46)34-40)44-28-24-39(25-29-44)49-33-42(37-15-5-2-6-16-37)32-48(55-49)38-17-7-3-8-18-38/h2-35H,1H3. The van der Waals surface area contributed by atoms with E-state index in [1.54, 1.807) is 0 Å². The van der Waals surface area contributed by atoms with Crippen LogP contribution >= 0.6 is 0 Å². The van der Waals surface area contributed by atoms with Gasteiger partial charge in [0, 0.05) is 44.0 Å². The third-order valence-corrected chi connectivity index (χ3v) is 11.4. The Balaban J connectivity index is 1.05. The number of benzene rings is 8. The lowest BCUT2D eigenvalue weighted by atomic mass is 10.00. The van der Waals surface area contributed by atoms with Crippen molar-refractivity contribution in [2.45, 2.75) is 6.92 Å². The maximum Gasteiger partial charge on any atom is 0.0715 e. The number of aryl methyl sites for hydroxylation is 1. The molecular formula is C54H37N3. The third kappa shape index (κ3) is 5.55. The molecule has 3 heteroatoms. The molecule has 8 aromatic carbocycles. The number of aromatic nitrogens is 3. The van der Waals surface area contributed by atoms with E-state index >= 15 is 0 Å². The van der Waals surface area contributed by atoms with Crippen LogP contribution in [0.3, 0.4) is 0 Å². The fourth-order valence-corrected chi connectivity index (χ4v) is 8.72. The van der Waals surface area contributed by atoms with Gasteiger partial charge in [0.2, 0.25) is 0 Å². The topological polar surface area (TPSA) is 22.8 Å². The van der Waals surface area contributed by atoms with Gasteiger partial charge in [-0.1, -0.05) is 146 Å². The number of hydrogen-bond donors (Lipinski definition) is 0. The minimum atomic E-state index is 0.949. The number of rotatable bonds is 6. The minimum absolute atomic E-state index is 0.949. The third-order valence-electron chi connectivity index (χ3n) is 11.4. The molecule has 11 aromatic rings. The number of nitrogens with zero attached hydrogens (tertiary/aromatic N) is 3. The summed E-state index contributed by atoms with van der Waals surface area (Å²) >= 11 is 0. The summed E-state index contributed by atoms with van der Waals surface area (Å²) in [5.74, 6) is 0. The molecule has 0 saturated heterocycles. The molecule has 0 aliphatic rings. The molecule has 57 heavy (non-hydrogen) atoms. The Labute approximate surface area is 331 Å². The Bertz CT molecular complexity index is 3210. The van der Waals surface area contributed by atoms with E-state index in [0.29, 0.717) is 0 Å². The van der Waals surface area contributed by atoms with Crippen LogP contribution in [-0.4, -0.2) is 14.1 Å². The largest absolute Gasteiger partial charge is 0.309 e. The van der Waals surface area contributed by atoms with E-state index in [1.807, 2.05) is 6.07 Å². The molecule has 3 aromatic heterocycles. The van der Waals surface area contributed by atoms with Gasteiger partial charge < -0.3 is 9.13 Å². The van der Waals surface area contributed by atoms with Crippen molar-refractivity contribution < 1.29 is 0 Å². The summed E-state index contributed by atoms with van der Waals surface area (Å²) in [6, 6.07) is 74.3. The average Bonchev–Trinajstić information content (AvgIpc) is 3.80. The SMILES string of the molecule is Cc1cccc2c1c1ccc(-c3ccc4c5ccccc5n(-c5ccc(-c6cc(-c7ccccc7)cc(-c7ccccc7)n6)cc5)c4c3)cc1n2-c1ccccc1. The second kappa shape index (κ2) is 13.4.